The third-order valence-electron chi connectivity index (χ3n) is 2.98. The van der Waals surface area contributed by atoms with E-state index < -0.39 is 5.97 Å². The topological polar surface area (TPSA) is 62.3 Å². The van der Waals surface area contributed by atoms with Gasteiger partial charge in [0.05, 0.1) is 18.8 Å². The van der Waals surface area contributed by atoms with Gasteiger partial charge < -0.3 is 14.8 Å². The van der Waals surface area contributed by atoms with Crippen LogP contribution in [0.5, 0.6) is 0 Å². The lowest BCUT2D eigenvalue weighted by molar-refractivity contribution is 0.0697. The minimum absolute atomic E-state index is 0.319. The number of carboxylic acid groups (broad SMARTS) is 1. The van der Waals surface area contributed by atoms with Gasteiger partial charge in [-0.05, 0) is 18.2 Å². The van der Waals surface area contributed by atoms with Gasteiger partial charge in [-0.3, -0.25) is 0 Å². The van der Waals surface area contributed by atoms with Crippen molar-refractivity contribution in [3.63, 3.8) is 0 Å². The Morgan fingerprint density at radius 3 is 3.12 bits per heavy atom. The molecule has 3 rings (SSSR count). The van der Waals surface area contributed by atoms with Crippen LogP contribution in [0.3, 0.4) is 0 Å². The van der Waals surface area contributed by atoms with Crippen molar-refractivity contribution in [3.05, 3.63) is 35.0 Å². The molecule has 0 aliphatic carbocycles. The van der Waals surface area contributed by atoms with Gasteiger partial charge in [0, 0.05) is 28.6 Å². The summed E-state index contributed by atoms with van der Waals surface area (Å²) in [5, 5.41) is 9.91. The maximum Gasteiger partial charge on any atom is 0.335 e. The van der Waals surface area contributed by atoms with E-state index in [-0.39, 0.29) is 0 Å². The van der Waals surface area contributed by atoms with E-state index in [0.29, 0.717) is 12.2 Å². The zero-order valence-electron chi connectivity index (χ0n) is 8.62. The van der Waals surface area contributed by atoms with E-state index in [1.165, 1.54) is 5.69 Å². The fraction of sp³-hybridized carbons (Fsp3) is 0.250. The number of ether oxygens (including phenoxy) is 1. The number of carbonyl (C=O) groups is 1. The van der Waals surface area contributed by atoms with Gasteiger partial charge in [0.15, 0.2) is 0 Å². The molecule has 0 radical (unpaired) electrons. The lowest BCUT2D eigenvalue weighted by Gasteiger charge is -2.11. The van der Waals surface area contributed by atoms with Crippen LogP contribution in [-0.4, -0.2) is 22.7 Å². The normalized spacial score (nSPS) is 15.0. The maximum absolute atomic E-state index is 10.9. The Balaban J connectivity index is 2.25. The largest absolute Gasteiger partial charge is 0.478 e. The fourth-order valence-electron chi connectivity index (χ4n) is 2.16. The summed E-state index contributed by atoms with van der Waals surface area (Å²) in [7, 11) is 0. The van der Waals surface area contributed by atoms with Gasteiger partial charge in [-0.25, -0.2) is 4.79 Å². The molecule has 0 bridgehead atoms. The highest BCUT2D eigenvalue weighted by atomic mass is 16.5. The number of rotatable bonds is 1. The van der Waals surface area contributed by atoms with E-state index in [9.17, 15) is 4.79 Å². The first-order chi connectivity index (χ1) is 7.75. The zero-order valence-corrected chi connectivity index (χ0v) is 8.62. The van der Waals surface area contributed by atoms with Gasteiger partial charge in [-0.1, -0.05) is 0 Å². The van der Waals surface area contributed by atoms with Crippen LogP contribution in [0.2, 0.25) is 0 Å². The van der Waals surface area contributed by atoms with E-state index in [0.717, 1.165) is 29.5 Å². The van der Waals surface area contributed by atoms with Crippen molar-refractivity contribution in [2.45, 2.75) is 13.0 Å². The summed E-state index contributed by atoms with van der Waals surface area (Å²) in [4.78, 5) is 14.2. The molecule has 1 aromatic carbocycles. The van der Waals surface area contributed by atoms with Crippen molar-refractivity contribution < 1.29 is 14.6 Å². The van der Waals surface area contributed by atoms with Crippen LogP contribution in [-0.2, 0) is 17.8 Å². The molecule has 16 heavy (non-hydrogen) atoms. The molecule has 0 saturated carbocycles. The molecule has 82 valence electrons. The molecular formula is C12H11NO3. The Morgan fingerprint density at radius 1 is 1.44 bits per heavy atom. The summed E-state index contributed by atoms with van der Waals surface area (Å²) in [6, 6.07) is 5.15. The van der Waals surface area contributed by atoms with Gasteiger partial charge in [-0.15, -0.1) is 0 Å². The zero-order chi connectivity index (χ0) is 11.1. The molecule has 1 aliphatic rings. The van der Waals surface area contributed by atoms with Crippen molar-refractivity contribution >= 4 is 16.9 Å². The van der Waals surface area contributed by atoms with Crippen LogP contribution in [0.15, 0.2) is 18.2 Å². The average Bonchev–Trinajstić information content (AvgIpc) is 2.66. The molecule has 0 unspecified atom stereocenters. The molecule has 4 heteroatoms. The summed E-state index contributed by atoms with van der Waals surface area (Å²) >= 11 is 0. The quantitative estimate of drug-likeness (QED) is 0.767. The number of aromatic nitrogens is 1. The first-order valence-electron chi connectivity index (χ1n) is 5.20. The van der Waals surface area contributed by atoms with Crippen molar-refractivity contribution in [3.8, 4) is 0 Å². The van der Waals surface area contributed by atoms with Crippen LogP contribution in [0.1, 0.15) is 21.6 Å². The molecule has 4 nitrogen and oxygen atoms in total. The van der Waals surface area contributed by atoms with Crippen molar-refractivity contribution in [2.75, 3.05) is 6.61 Å². The first-order valence-corrected chi connectivity index (χ1v) is 5.20. The number of aromatic amines is 1. The number of fused-ring (bicyclic) bond motifs is 3. The van der Waals surface area contributed by atoms with E-state index in [1.54, 1.807) is 12.1 Å². The third-order valence-corrected chi connectivity index (χ3v) is 2.98. The molecule has 0 atom stereocenters. The monoisotopic (exact) mass is 217 g/mol. The van der Waals surface area contributed by atoms with Gasteiger partial charge in [-0.2, -0.15) is 0 Å². The first kappa shape index (κ1) is 9.42. The third kappa shape index (κ3) is 1.31. The van der Waals surface area contributed by atoms with Crippen LogP contribution in [0.4, 0.5) is 0 Å². The van der Waals surface area contributed by atoms with Gasteiger partial charge in [0.1, 0.15) is 0 Å². The van der Waals surface area contributed by atoms with E-state index in [2.05, 4.69) is 4.98 Å². The predicted octanol–water partition coefficient (Wildman–Crippen LogP) is 1.94. The molecule has 1 aromatic heterocycles. The number of hydrogen-bond acceptors (Lipinski definition) is 2. The highest BCUT2D eigenvalue weighted by Gasteiger charge is 2.16. The van der Waals surface area contributed by atoms with E-state index in [1.807, 2.05) is 6.07 Å². The fourth-order valence-corrected chi connectivity index (χ4v) is 2.16. The molecule has 2 N–H and O–H groups in total. The second-order valence-corrected chi connectivity index (χ2v) is 3.95. The molecule has 0 spiro atoms. The second kappa shape index (κ2) is 3.35. The van der Waals surface area contributed by atoms with Crippen molar-refractivity contribution in [1.29, 1.82) is 0 Å². The molecule has 0 amide bonds. The number of hydrogen-bond donors (Lipinski definition) is 2. The van der Waals surface area contributed by atoms with Crippen molar-refractivity contribution in [2.24, 2.45) is 0 Å². The standard InChI is InChI=1S/C12H11NO3/c14-12(15)7-1-2-10-8(5-7)9-6-16-4-3-11(9)13-10/h1-2,5,13H,3-4,6H2,(H,14,15). The number of carboxylic acids is 1. The number of H-pyrrole nitrogens is 1. The summed E-state index contributed by atoms with van der Waals surface area (Å²) in [5.74, 6) is -0.895. The average molecular weight is 217 g/mol. The Morgan fingerprint density at radius 2 is 2.31 bits per heavy atom. The molecule has 1 aliphatic heterocycles. The lowest BCUT2D eigenvalue weighted by atomic mass is 10.1. The Labute approximate surface area is 91.8 Å². The van der Waals surface area contributed by atoms with E-state index in [4.69, 9.17) is 9.84 Å². The van der Waals surface area contributed by atoms with Gasteiger partial charge in [0.2, 0.25) is 0 Å². The summed E-state index contributed by atoms with van der Waals surface area (Å²) in [6.07, 6.45) is 0.867. The Hall–Kier alpha value is -1.81. The molecule has 0 saturated heterocycles. The minimum Gasteiger partial charge on any atom is -0.478 e. The SMILES string of the molecule is O=C(O)c1ccc2[nH]c3c(c2c1)COCC3. The second-order valence-electron chi connectivity index (χ2n) is 3.95. The van der Waals surface area contributed by atoms with Gasteiger partial charge >= 0.3 is 5.97 Å². The number of aromatic carboxylic acids is 1. The predicted molar refractivity (Wildman–Crippen MR) is 58.6 cm³/mol. The summed E-state index contributed by atoms with van der Waals surface area (Å²) in [5.41, 5.74) is 3.58. The lowest BCUT2D eigenvalue weighted by Crippen LogP contribution is -2.08. The highest BCUT2D eigenvalue weighted by molar-refractivity contribution is 5.95. The highest BCUT2D eigenvalue weighted by Crippen LogP contribution is 2.27. The van der Waals surface area contributed by atoms with Crippen LogP contribution in [0.25, 0.3) is 10.9 Å². The van der Waals surface area contributed by atoms with Crippen molar-refractivity contribution in [1.82, 2.24) is 4.98 Å². The maximum atomic E-state index is 10.9. The number of benzene rings is 1. The molecular weight excluding hydrogens is 206 g/mol. The van der Waals surface area contributed by atoms with Crippen LogP contribution < -0.4 is 0 Å². The van der Waals surface area contributed by atoms with Crippen LogP contribution in [0, 0.1) is 0 Å². The minimum atomic E-state index is -0.895. The van der Waals surface area contributed by atoms with Gasteiger partial charge in [0.25, 0.3) is 0 Å². The summed E-state index contributed by atoms with van der Waals surface area (Å²) < 4.78 is 5.40. The molecule has 2 aromatic rings. The van der Waals surface area contributed by atoms with E-state index >= 15 is 0 Å². The number of nitrogens with one attached hydrogen (secondary N) is 1. The Kier molecular flexibility index (Phi) is 1.97. The van der Waals surface area contributed by atoms with Crippen LogP contribution >= 0.6 is 0 Å². The molecule has 0 fully saturated rings. The molecule has 2 heterocycles. The smallest absolute Gasteiger partial charge is 0.335 e. The summed E-state index contributed by atoms with van der Waals surface area (Å²) in [6.45, 7) is 1.30. The Bertz CT molecular complexity index is 571.